The molecule has 72 valence electrons. The fourth-order valence-corrected chi connectivity index (χ4v) is 1.32. The number of hydrogen-bond donors (Lipinski definition) is 2. The van der Waals surface area contributed by atoms with E-state index in [0.717, 1.165) is 16.9 Å². The van der Waals surface area contributed by atoms with Crippen molar-refractivity contribution in [2.45, 2.75) is 0 Å². The lowest BCUT2D eigenvalue weighted by Crippen LogP contribution is -1.89. The van der Waals surface area contributed by atoms with Crippen molar-refractivity contribution in [2.24, 2.45) is 0 Å². The van der Waals surface area contributed by atoms with E-state index in [9.17, 15) is 0 Å². The molecule has 0 saturated carbocycles. The molecule has 1 aromatic heterocycles. The monoisotopic (exact) mass is 189 g/mol. The summed E-state index contributed by atoms with van der Waals surface area (Å²) in [6, 6.07) is 5.58. The van der Waals surface area contributed by atoms with E-state index in [1.165, 1.54) is 0 Å². The summed E-state index contributed by atoms with van der Waals surface area (Å²) in [5, 5.41) is 6.63. The lowest BCUT2D eigenvalue weighted by Gasteiger charge is -2.04. The molecule has 0 aliphatic heterocycles. The van der Waals surface area contributed by atoms with Crippen LogP contribution in [-0.4, -0.2) is 17.3 Å². The molecule has 0 unspecified atom stereocenters. The molecular weight excluding hydrogens is 178 g/mol. The fraction of sp³-hybridized carbons (Fsp3) is 0.100. The number of aromatic nitrogens is 2. The first-order chi connectivity index (χ1) is 6.79. The van der Waals surface area contributed by atoms with Crippen molar-refractivity contribution in [3.8, 4) is 16.9 Å². The Morgan fingerprint density at radius 1 is 1.29 bits per heavy atom. The molecule has 4 heteroatoms. The van der Waals surface area contributed by atoms with E-state index in [1.807, 2.05) is 18.3 Å². The summed E-state index contributed by atoms with van der Waals surface area (Å²) in [6.45, 7) is 0. The van der Waals surface area contributed by atoms with Gasteiger partial charge >= 0.3 is 0 Å². The maximum absolute atomic E-state index is 5.73. The van der Waals surface area contributed by atoms with E-state index < -0.39 is 0 Å². The standard InChI is InChI=1S/C10H11N3O/c1-14-10-3-7(2-9(11)4-10)8-5-12-13-6-8/h2-6H,11H2,1H3,(H,12,13). The Bertz CT molecular complexity index is 423. The first kappa shape index (κ1) is 8.62. The molecule has 0 saturated heterocycles. The molecule has 0 atom stereocenters. The summed E-state index contributed by atoms with van der Waals surface area (Å²) in [7, 11) is 1.62. The average molecular weight is 189 g/mol. The first-order valence-electron chi connectivity index (χ1n) is 4.23. The minimum atomic E-state index is 0.681. The largest absolute Gasteiger partial charge is 0.497 e. The summed E-state index contributed by atoms with van der Waals surface area (Å²) in [5.41, 5.74) is 8.40. The van der Waals surface area contributed by atoms with Crippen LogP contribution in [0.1, 0.15) is 0 Å². The number of nitrogens with one attached hydrogen (secondary N) is 1. The van der Waals surface area contributed by atoms with Crippen LogP contribution in [0.2, 0.25) is 0 Å². The van der Waals surface area contributed by atoms with E-state index in [2.05, 4.69) is 10.2 Å². The molecule has 0 radical (unpaired) electrons. The predicted molar refractivity (Wildman–Crippen MR) is 55.0 cm³/mol. The molecule has 3 N–H and O–H groups in total. The van der Waals surface area contributed by atoms with Crippen molar-refractivity contribution in [2.75, 3.05) is 12.8 Å². The highest BCUT2D eigenvalue weighted by Gasteiger charge is 2.02. The molecule has 0 spiro atoms. The number of anilines is 1. The van der Waals surface area contributed by atoms with Gasteiger partial charge in [-0.3, -0.25) is 5.10 Å². The Morgan fingerprint density at radius 3 is 2.79 bits per heavy atom. The number of nitrogen functional groups attached to an aromatic ring is 1. The average Bonchev–Trinajstić information content (AvgIpc) is 2.69. The minimum absolute atomic E-state index is 0.681. The van der Waals surface area contributed by atoms with Gasteiger partial charge in [0, 0.05) is 23.5 Å². The third-order valence-electron chi connectivity index (χ3n) is 2.00. The van der Waals surface area contributed by atoms with Gasteiger partial charge in [0.2, 0.25) is 0 Å². The molecule has 0 aliphatic carbocycles. The summed E-state index contributed by atoms with van der Waals surface area (Å²) in [6.07, 6.45) is 3.56. The SMILES string of the molecule is COc1cc(N)cc(-c2cn[nH]c2)c1. The van der Waals surface area contributed by atoms with E-state index in [0.29, 0.717) is 5.69 Å². The van der Waals surface area contributed by atoms with Gasteiger partial charge < -0.3 is 10.5 Å². The lowest BCUT2D eigenvalue weighted by atomic mass is 10.1. The van der Waals surface area contributed by atoms with Gasteiger partial charge in [0.15, 0.2) is 0 Å². The number of benzene rings is 1. The number of H-pyrrole nitrogens is 1. The van der Waals surface area contributed by atoms with Gasteiger partial charge in [-0.1, -0.05) is 0 Å². The molecule has 14 heavy (non-hydrogen) atoms. The van der Waals surface area contributed by atoms with Gasteiger partial charge in [-0.15, -0.1) is 0 Å². The van der Waals surface area contributed by atoms with Gasteiger partial charge in [0.25, 0.3) is 0 Å². The van der Waals surface area contributed by atoms with Crippen molar-refractivity contribution >= 4 is 5.69 Å². The third kappa shape index (κ3) is 1.54. The Hall–Kier alpha value is -1.97. The number of aromatic amines is 1. The maximum atomic E-state index is 5.73. The van der Waals surface area contributed by atoms with Crippen LogP contribution in [0.4, 0.5) is 5.69 Å². The maximum Gasteiger partial charge on any atom is 0.121 e. The number of nitrogens with zero attached hydrogens (tertiary/aromatic N) is 1. The molecule has 4 nitrogen and oxygen atoms in total. The molecule has 1 aromatic carbocycles. The Kier molecular flexibility index (Phi) is 2.10. The van der Waals surface area contributed by atoms with Gasteiger partial charge in [-0.05, 0) is 17.7 Å². The predicted octanol–water partition coefficient (Wildman–Crippen LogP) is 1.67. The third-order valence-corrected chi connectivity index (χ3v) is 2.00. The van der Waals surface area contributed by atoms with Crippen LogP contribution in [-0.2, 0) is 0 Å². The Labute approximate surface area is 81.7 Å². The number of rotatable bonds is 2. The van der Waals surface area contributed by atoms with Crippen molar-refractivity contribution in [1.29, 1.82) is 0 Å². The summed E-state index contributed by atoms with van der Waals surface area (Å²) in [4.78, 5) is 0. The lowest BCUT2D eigenvalue weighted by molar-refractivity contribution is 0.415. The first-order valence-corrected chi connectivity index (χ1v) is 4.23. The molecule has 0 bridgehead atoms. The summed E-state index contributed by atoms with van der Waals surface area (Å²) < 4.78 is 5.12. The highest BCUT2D eigenvalue weighted by molar-refractivity contribution is 5.68. The Morgan fingerprint density at radius 2 is 2.14 bits per heavy atom. The number of hydrogen-bond acceptors (Lipinski definition) is 3. The van der Waals surface area contributed by atoms with E-state index >= 15 is 0 Å². The molecule has 0 aliphatic rings. The molecule has 1 heterocycles. The van der Waals surface area contributed by atoms with Gasteiger partial charge in [-0.25, -0.2) is 0 Å². The molecule has 2 aromatic rings. The summed E-state index contributed by atoms with van der Waals surface area (Å²) >= 11 is 0. The second-order valence-electron chi connectivity index (χ2n) is 2.98. The molecule has 0 fully saturated rings. The van der Waals surface area contributed by atoms with Crippen molar-refractivity contribution in [3.05, 3.63) is 30.6 Å². The van der Waals surface area contributed by atoms with Gasteiger partial charge in [0.05, 0.1) is 13.3 Å². The number of methoxy groups -OCH3 is 1. The second kappa shape index (κ2) is 3.41. The van der Waals surface area contributed by atoms with Crippen LogP contribution in [0, 0.1) is 0 Å². The van der Waals surface area contributed by atoms with Crippen molar-refractivity contribution in [1.82, 2.24) is 10.2 Å². The minimum Gasteiger partial charge on any atom is -0.497 e. The smallest absolute Gasteiger partial charge is 0.121 e. The fourth-order valence-electron chi connectivity index (χ4n) is 1.32. The highest BCUT2D eigenvalue weighted by atomic mass is 16.5. The number of nitrogens with two attached hydrogens (primary N) is 1. The van der Waals surface area contributed by atoms with Gasteiger partial charge in [0.1, 0.15) is 5.75 Å². The number of ether oxygens (including phenoxy) is 1. The van der Waals surface area contributed by atoms with E-state index in [1.54, 1.807) is 19.4 Å². The molecule has 2 rings (SSSR count). The van der Waals surface area contributed by atoms with Crippen LogP contribution in [0.3, 0.4) is 0 Å². The zero-order valence-electron chi connectivity index (χ0n) is 7.82. The van der Waals surface area contributed by atoms with E-state index in [4.69, 9.17) is 10.5 Å². The van der Waals surface area contributed by atoms with Crippen LogP contribution in [0.25, 0.3) is 11.1 Å². The summed E-state index contributed by atoms with van der Waals surface area (Å²) in [5.74, 6) is 0.751. The highest BCUT2D eigenvalue weighted by Crippen LogP contribution is 2.26. The molecular formula is C10H11N3O. The van der Waals surface area contributed by atoms with Crippen LogP contribution in [0.15, 0.2) is 30.6 Å². The van der Waals surface area contributed by atoms with Crippen LogP contribution in [0.5, 0.6) is 5.75 Å². The molecule has 0 amide bonds. The van der Waals surface area contributed by atoms with Crippen molar-refractivity contribution in [3.63, 3.8) is 0 Å². The Balaban J connectivity index is 2.48. The second-order valence-corrected chi connectivity index (χ2v) is 2.98. The quantitative estimate of drug-likeness (QED) is 0.706. The topological polar surface area (TPSA) is 63.9 Å². The van der Waals surface area contributed by atoms with Gasteiger partial charge in [-0.2, -0.15) is 5.10 Å². The zero-order chi connectivity index (χ0) is 9.97. The van der Waals surface area contributed by atoms with Crippen LogP contribution < -0.4 is 10.5 Å². The van der Waals surface area contributed by atoms with E-state index in [-0.39, 0.29) is 0 Å². The van der Waals surface area contributed by atoms with Crippen LogP contribution >= 0.6 is 0 Å². The normalized spacial score (nSPS) is 10.1. The zero-order valence-corrected chi connectivity index (χ0v) is 7.82. The van der Waals surface area contributed by atoms with Crippen molar-refractivity contribution < 1.29 is 4.74 Å².